The Labute approximate surface area is 513 Å². The molecule has 0 heterocycles. The number of carbonyl (C=O) groups excluding carboxylic acids is 2. The number of allylic oxidation sites excluding steroid dienone is 4. The zero-order chi connectivity index (χ0) is 59.2. The van der Waals surface area contributed by atoms with Crippen molar-refractivity contribution in [2.75, 3.05) is 13.2 Å². The quantitative estimate of drug-likeness (QED) is 0.0320. The van der Waals surface area contributed by atoms with Gasteiger partial charge >= 0.3 is 5.97 Å². The van der Waals surface area contributed by atoms with Crippen LogP contribution in [0.3, 0.4) is 0 Å². The molecule has 0 saturated carbocycles. The van der Waals surface area contributed by atoms with E-state index in [0.717, 1.165) is 44.9 Å². The van der Waals surface area contributed by atoms with Crippen LogP contribution in [0.15, 0.2) is 24.3 Å². The Bertz CT molecular complexity index is 1280. The highest BCUT2D eigenvalue weighted by molar-refractivity contribution is 5.76. The van der Waals surface area contributed by atoms with E-state index < -0.39 is 12.1 Å². The number of amides is 1. The van der Waals surface area contributed by atoms with Crippen molar-refractivity contribution in [2.45, 2.75) is 437 Å². The molecule has 3 N–H and O–H groups in total. The fraction of sp³-hybridized carbons (Fsp3) is 0.921. The molecular formula is C76H147NO5. The predicted molar refractivity (Wildman–Crippen MR) is 361 cm³/mol. The molecule has 486 valence electrons. The van der Waals surface area contributed by atoms with Gasteiger partial charge in [-0.25, -0.2) is 0 Å². The van der Waals surface area contributed by atoms with Gasteiger partial charge in [0, 0.05) is 12.8 Å². The average Bonchev–Trinajstić information content (AvgIpc) is 3.48. The van der Waals surface area contributed by atoms with Crippen LogP contribution in [0.25, 0.3) is 0 Å². The van der Waals surface area contributed by atoms with Gasteiger partial charge in [0.2, 0.25) is 5.91 Å². The van der Waals surface area contributed by atoms with Crippen molar-refractivity contribution in [3.8, 4) is 0 Å². The Hall–Kier alpha value is -1.66. The maximum atomic E-state index is 12.5. The topological polar surface area (TPSA) is 95.9 Å². The maximum Gasteiger partial charge on any atom is 0.305 e. The number of carbonyl (C=O) groups is 2. The summed E-state index contributed by atoms with van der Waals surface area (Å²) in [5.74, 6) is -0.00876. The lowest BCUT2D eigenvalue weighted by molar-refractivity contribution is -0.143. The van der Waals surface area contributed by atoms with E-state index >= 15 is 0 Å². The summed E-state index contributed by atoms with van der Waals surface area (Å²) in [6, 6.07) is -0.539. The Morgan fingerprint density at radius 3 is 0.927 bits per heavy atom. The second-order valence-electron chi connectivity index (χ2n) is 26.0. The fourth-order valence-corrected chi connectivity index (χ4v) is 12.0. The number of ether oxygens (including phenoxy) is 1. The highest BCUT2D eigenvalue weighted by Gasteiger charge is 2.20. The molecule has 0 spiro atoms. The summed E-state index contributed by atoms with van der Waals surface area (Å²) < 4.78 is 5.51. The largest absolute Gasteiger partial charge is 0.466 e. The standard InChI is InChI=1S/C76H147NO5/c1-3-5-7-9-11-13-15-17-18-38-42-46-50-54-58-62-66-70-76(81)82-71-67-63-59-55-51-47-43-40-37-35-33-31-29-27-25-23-21-19-20-22-24-26-28-30-32-34-36-39-41-45-49-53-57-61-65-69-75(80)77-73(72-78)74(79)68-64-60-56-52-48-44-16-14-12-10-8-6-4-2/h21,23,27,29,73-74,78-79H,3-20,22,24-26,28,30-72H2,1-2H3,(H,77,80)/b23-21-,29-27-. The molecule has 0 radical (unpaired) electrons. The van der Waals surface area contributed by atoms with Crippen LogP contribution in [0.4, 0.5) is 0 Å². The third-order valence-electron chi connectivity index (χ3n) is 17.8. The number of esters is 1. The van der Waals surface area contributed by atoms with Crippen molar-refractivity contribution in [2.24, 2.45) is 0 Å². The van der Waals surface area contributed by atoms with E-state index in [1.165, 1.54) is 347 Å². The number of hydrogen-bond donors (Lipinski definition) is 3. The zero-order valence-electron chi connectivity index (χ0n) is 55.8. The zero-order valence-corrected chi connectivity index (χ0v) is 55.8. The van der Waals surface area contributed by atoms with Gasteiger partial charge in [-0.1, -0.05) is 378 Å². The number of aliphatic hydroxyl groups is 2. The van der Waals surface area contributed by atoms with Gasteiger partial charge in [-0.2, -0.15) is 0 Å². The van der Waals surface area contributed by atoms with Crippen LogP contribution in [-0.2, 0) is 14.3 Å². The van der Waals surface area contributed by atoms with Crippen molar-refractivity contribution in [1.82, 2.24) is 5.32 Å². The van der Waals surface area contributed by atoms with Crippen LogP contribution in [0, 0.1) is 0 Å². The summed E-state index contributed by atoms with van der Waals surface area (Å²) in [5, 5.41) is 23.3. The molecule has 0 saturated heterocycles. The molecular weight excluding hydrogens is 1010 g/mol. The van der Waals surface area contributed by atoms with Gasteiger partial charge in [0.05, 0.1) is 25.4 Å². The van der Waals surface area contributed by atoms with E-state index in [2.05, 4.69) is 43.5 Å². The van der Waals surface area contributed by atoms with Gasteiger partial charge in [0.25, 0.3) is 0 Å². The molecule has 6 nitrogen and oxygen atoms in total. The molecule has 0 aliphatic carbocycles. The molecule has 0 aromatic heterocycles. The number of rotatable bonds is 71. The first kappa shape index (κ1) is 80.3. The lowest BCUT2D eigenvalue weighted by Gasteiger charge is -2.22. The number of unbranched alkanes of at least 4 members (excludes halogenated alkanes) is 56. The van der Waals surface area contributed by atoms with Gasteiger partial charge < -0.3 is 20.3 Å². The average molecular weight is 1160 g/mol. The molecule has 0 aromatic rings. The number of aliphatic hydroxyl groups excluding tert-OH is 2. The minimum atomic E-state index is -0.661. The molecule has 0 rings (SSSR count). The fourth-order valence-electron chi connectivity index (χ4n) is 12.0. The molecule has 2 atom stereocenters. The van der Waals surface area contributed by atoms with Crippen LogP contribution < -0.4 is 5.32 Å². The van der Waals surface area contributed by atoms with E-state index in [0.29, 0.717) is 25.9 Å². The summed E-state index contributed by atoms with van der Waals surface area (Å²) in [5.41, 5.74) is 0. The van der Waals surface area contributed by atoms with Gasteiger partial charge in [0.15, 0.2) is 0 Å². The van der Waals surface area contributed by atoms with Crippen molar-refractivity contribution >= 4 is 11.9 Å². The van der Waals surface area contributed by atoms with Gasteiger partial charge in [-0.05, 0) is 57.8 Å². The number of nitrogens with one attached hydrogen (secondary N) is 1. The van der Waals surface area contributed by atoms with Crippen LogP contribution in [0.5, 0.6) is 0 Å². The van der Waals surface area contributed by atoms with Crippen molar-refractivity contribution in [1.29, 1.82) is 0 Å². The van der Waals surface area contributed by atoms with Gasteiger partial charge in [-0.3, -0.25) is 9.59 Å². The maximum absolute atomic E-state index is 12.5. The summed E-state index contributed by atoms with van der Waals surface area (Å²) >= 11 is 0. The third kappa shape index (κ3) is 67.5. The highest BCUT2D eigenvalue weighted by atomic mass is 16.5. The monoisotopic (exact) mass is 1150 g/mol. The SMILES string of the molecule is CCCCCCCCCCCCCCCCCCCC(=O)OCCCCCCCCCCCCC/C=C\C/C=C\CCCCCCCCCCCCCCCCCCCC(=O)NC(CO)C(O)CCCCCCCCCCCCCCC. The Kier molecular flexibility index (Phi) is 70.4. The second kappa shape index (κ2) is 71.8. The third-order valence-corrected chi connectivity index (χ3v) is 17.8. The summed E-state index contributed by atoms with van der Waals surface area (Å²) in [7, 11) is 0. The van der Waals surface area contributed by atoms with E-state index in [1.54, 1.807) is 0 Å². The van der Waals surface area contributed by atoms with E-state index in [4.69, 9.17) is 4.74 Å². The van der Waals surface area contributed by atoms with E-state index in [9.17, 15) is 19.8 Å². The second-order valence-corrected chi connectivity index (χ2v) is 26.0. The normalized spacial score (nSPS) is 12.6. The van der Waals surface area contributed by atoms with Gasteiger partial charge in [0.1, 0.15) is 0 Å². The molecule has 0 aromatic carbocycles. The van der Waals surface area contributed by atoms with Crippen molar-refractivity contribution in [3.05, 3.63) is 24.3 Å². The lowest BCUT2D eigenvalue weighted by atomic mass is 10.0. The summed E-state index contributed by atoms with van der Waals surface area (Å²) in [6.45, 7) is 4.99. The minimum absolute atomic E-state index is 0.0215. The Morgan fingerprint density at radius 2 is 0.610 bits per heavy atom. The molecule has 1 amide bonds. The highest BCUT2D eigenvalue weighted by Crippen LogP contribution is 2.19. The van der Waals surface area contributed by atoms with E-state index in [-0.39, 0.29) is 18.5 Å². The van der Waals surface area contributed by atoms with Crippen molar-refractivity contribution < 1.29 is 24.5 Å². The number of hydrogen-bond acceptors (Lipinski definition) is 5. The van der Waals surface area contributed by atoms with Gasteiger partial charge in [-0.15, -0.1) is 0 Å². The van der Waals surface area contributed by atoms with E-state index in [1.807, 2.05) is 0 Å². The first-order valence-corrected chi connectivity index (χ1v) is 37.6. The van der Waals surface area contributed by atoms with Crippen LogP contribution >= 0.6 is 0 Å². The van der Waals surface area contributed by atoms with Crippen LogP contribution in [-0.4, -0.2) is 47.4 Å². The van der Waals surface area contributed by atoms with Crippen LogP contribution in [0.1, 0.15) is 425 Å². The minimum Gasteiger partial charge on any atom is -0.466 e. The predicted octanol–water partition coefficient (Wildman–Crippen LogP) is 24.5. The Balaban J connectivity index is 3.34. The summed E-state index contributed by atoms with van der Waals surface area (Å²) in [6.07, 6.45) is 91.2. The van der Waals surface area contributed by atoms with Crippen LogP contribution in [0.2, 0.25) is 0 Å². The summed E-state index contributed by atoms with van der Waals surface area (Å²) in [4.78, 5) is 24.6. The first-order chi connectivity index (χ1) is 40.5. The smallest absolute Gasteiger partial charge is 0.305 e. The molecule has 0 aliphatic heterocycles. The van der Waals surface area contributed by atoms with Crippen molar-refractivity contribution in [3.63, 3.8) is 0 Å². The molecule has 0 fully saturated rings. The molecule has 0 aliphatic rings. The first-order valence-electron chi connectivity index (χ1n) is 37.6. The molecule has 0 bridgehead atoms. The molecule has 2 unspecified atom stereocenters. The lowest BCUT2D eigenvalue weighted by Crippen LogP contribution is -2.45. The molecule has 82 heavy (non-hydrogen) atoms. The molecule has 6 heteroatoms. The Morgan fingerprint density at radius 1 is 0.341 bits per heavy atom.